The Kier molecular flexibility index (Phi) is 5.40. The molecule has 1 aromatic rings. The van der Waals surface area contributed by atoms with Gasteiger partial charge in [-0.25, -0.2) is 21.6 Å². The minimum Gasteiger partial charge on any atom is -0.358 e. The van der Waals surface area contributed by atoms with E-state index in [1.165, 1.54) is 35.6 Å². The van der Waals surface area contributed by atoms with Crippen LogP contribution in [0.5, 0.6) is 0 Å². The number of nitrogens with zero attached hydrogens (tertiary/aromatic N) is 1. The molecule has 1 fully saturated rings. The molecule has 0 spiro atoms. The number of rotatable bonds is 6. The van der Waals surface area contributed by atoms with E-state index in [0.717, 1.165) is 12.8 Å². The van der Waals surface area contributed by atoms with Gasteiger partial charge in [0.05, 0.1) is 16.3 Å². The Morgan fingerprint density at radius 3 is 2.09 bits per heavy atom. The molecule has 1 heterocycles. The highest BCUT2D eigenvalue weighted by molar-refractivity contribution is 7.89. The predicted molar refractivity (Wildman–Crippen MR) is 83.7 cm³/mol. The molecule has 1 aromatic carbocycles. The quantitative estimate of drug-likeness (QED) is 0.709. The van der Waals surface area contributed by atoms with Gasteiger partial charge in [-0.3, -0.25) is 4.79 Å². The summed E-state index contributed by atoms with van der Waals surface area (Å²) in [7, 11) is -6.05. The molecule has 1 aliphatic heterocycles. The van der Waals surface area contributed by atoms with Gasteiger partial charge < -0.3 is 5.32 Å². The van der Waals surface area contributed by atoms with Gasteiger partial charge in [-0.05, 0) is 37.1 Å². The first-order valence-electron chi connectivity index (χ1n) is 7.08. The molecule has 8 nitrogen and oxygen atoms in total. The lowest BCUT2D eigenvalue weighted by molar-refractivity contribution is -0.119. The Labute approximate surface area is 136 Å². The SMILES string of the molecule is CNC(=O)CNS(=O)(=O)c1ccc(S(=O)(=O)N2CCCC2)cc1. The van der Waals surface area contributed by atoms with Crippen molar-refractivity contribution < 1.29 is 21.6 Å². The van der Waals surface area contributed by atoms with E-state index in [9.17, 15) is 21.6 Å². The number of benzene rings is 1. The van der Waals surface area contributed by atoms with E-state index in [-0.39, 0.29) is 16.3 Å². The highest BCUT2D eigenvalue weighted by Gasteiger charge is 2.27. The second-order valence-electron chi connectivity index (χ2n) is 5.08. The summed E-state index contributed by atoms with van der Waals surface area (Å²) in [6.07, 6.45) is 1.66. The van der Waals surface area contributed by atoms with E-state index in [4.69, 9.17) is 0 Å². The van der Waals surface area contributed by atoms with Crippen LogP contribution in [-0.4, -0.2) is 53.7 Å². The first-order valence-corrected chi connectivity index (χ1v) is 10.00. The molecule has 0 atom stereocenters. The Hall–Kier alpha value is -1.49. The molecule has 1 saturated heterocycles. The zero-order valence-corrected chi connectivity index (χ0v) is 14.3. The van der Waals surface area contributed by atoms with Crippen molar-refractivity contribution in [1.82, 2.24) is 14.3 Å². The van der Waals surface area contributed by atoms with Gasteiger partial charge in [0, 0.05) is 20.1 Å². The molecule has 0 aromatic heterocycles. The molecule has 0 unspecified atom stereocenters. The molecule has 0 saturated carbocycles. The zero-order valence-electron chi connectivity index (χ0n) is 12.6. The predicted octanol–water partition coefficient (Wildman–Crippen LogP) is -0.505. The van der Waals surface area contributed by atoms with Crippen molar-refractivity contribution in [3.8, 4) is 0 Å². The van der Waals surface area contributed by atoms with E-state index in [1.807, 2.05) is 0 Å². The molecule has 2 rings (SSSR count). The van der Waals surface area contributed by atoms with Gasteiger partial charge in [0.1, 0.15) is 0 Å². The third kappa shape index (κ3) is 4.08. The molecule has 0 bridgehead atoms. The van der Waals surface area contributed by atoms with Crippen LogP contribution in [0.1, 0.15) is 12.8 Å². The maximum absolute atomic E-state index is 12.4. The molecule has 1 amide bonds. The topological polar surface area (TPSA) is 113 Å². The molecule has 23 heavy (non-hydrogen) atoms. The fraction of sp³-hybridized carbons (Fsp3) is 0.462. The summed E-state index contributed by atoms with van der Waals surface area (Å²) in [5, 5.41) is 2.30. The van der Waals surface area contributed by atoms with Crippen molar-refractivity contribution in [1.29, 1.82) is 0 Å². The van der Waals surface area contributed by atoms with E-state index < -0.39 is 26.0 Å². The number of hydrogen-bond acceptors (Lipinski definition) is 5. The van der Waals surface area contributed by atoms with E-state index in [0.29, 0.717) is 13.1 Å². The summed E-state index contributed by atoms with van der Waals surface area (Å²) < 4.78 is 52.3. The summed E-state index contributed by atoms with van der Waals surface area (Å²) in [6.45, 7) is 0.582. The number of hydrogen-bond donors (Lipinski definition) is 2. The molecule has 0 radical (unpaired) electrons. The first-order chi connectivity index (χ1) is 10.8. The smallest absolute Gasteiger partial charge is 0.243 e. The Morgan fingerprint density at radius 1 is 1.04 bits per heavy atom. The maximum atomic E-state index is 12.4. The number of carbonyl (C=O) groups excluding carboxylic acids is 1. The van der Waals surface area contributed by atoms with Crippen molar-refractivity contribution >= 4 is 26.0 Å². The highest BCUT2D eigenvalue weighted by Crippen LogP contribution is 2.22. The summed E-state index contributed by atoms with van der Waals surface area (Å²) in [6, 6.07) is 4.97. The fourth-order valence-electron chi connectivity index (χ4n) is 2.20. The van der Waals surface area contributed by atoms with Crippen LogP contribution in [-0.2, 0) is 24.8 Å². The van der Waals surface area contributed by atoms with Crippen LogP contribution in [0.15, 0.2) is 34.1 Å². The number of amides is 1. The summed E-state index contributed by atoms with van der Waals surface area (Å²) in [4.78, 5) is 11.1. The van der Waals surface area contributed by atoms with Crippen molar-refractivity contribution in [3.05, 3.63) is 24.3 Å². The average Bonchev–Trinajstić information content (AvgIpc) is 3.08. The van der Waals surface area contributed by atoms with Crippen molar-refractivity contribution in [3.63, 3.8) is 0 Å². The monoisotopic (exact) mass is 361 g/mol. The van der Waals surface area contributed by atoms with Crippen LogP contribution in [0.3, 0.4) is 0 Å². The van der Waals surface area contributed by atoms with Gasteiger partial charge >= 0.3 is 0 Å². The molecule has 0 aliphatic carbocycles. The number of carbonyl (C=O) groups is 1. The molecule has 1 aliphatic rings. The van der Waals surface area contributed by atoms with Crippen molar-refractivity contribution in [2.75, 3.05) is 26.7 Å². The van der Waals surface area contributed by atoms with Crippen LogP contribution >= 0.6 is 0 Å². The third-order valence-electron chi connectivity index (χ3n) is 3.54. The minimum absolute atomic E-state index is 0.0599. The molecule has 2 N–H and O–H groups in total. The fourth-order valence-corrected chi connectivity index (χ4v) is 4.70. The Balaban J connectivity index is 2.17. The number of nitrogens with one attached hydrogen (secondary N) is 2. The number of likely N-dealkylation sites (N-methyl/N-ethyl adjacent to an activating group) is 1. The third-order valence-corrected chi connectivity index (χ3v) is 6.87. The average molecular weight is 361 g/mol. The van der Waals surface area contributed by atoms with Gasteiger partial charge in [0.2, 0.25) is 26.0 Å². The van der Waals surface area contributed by atoms with Crippen LogP contribution < -0.4 is 10.0 Å². The van der Waals surface area contributed by atoms with E-state index >= 15 is 0 Å². The standard InChI is InChI=1S/C13H19N3O5S2/c1-14-13(17)10-15-22(18,19)11-4-6-12(7-5-11)23(20,21)16-8-2-3-9-16/h4-7,15H,2-3,8-10H2,1H3,(H,14,17). The van der Waals surface area contributed by atoms with Gasteiger partial charge in [-0.1, -0.05) is 0 Å². The van der Waals surface area contributed by atoms with Gasteiger partial charge in [0.25, 0.3) is 0 Å². The largest absolute Gasteiger partial charge is 0.358 e. The van der Waals surface area contributed by atoms with Gasteiger partial charge in [-0.15, -0.1) is 0 Å². The molecular weight excluding hydrogens is 342 g/mol. The van der Waals surface area contributed by atoms with Crippen LogP contribution in [0, 0.1) is 0 Å². The summed E-state index contributed by atoms with van der Waals surface area (Å²) in [5.74, 6) is -0.471. The van der Waals surface area contributed by atoms with E-state index in [2.05, 4.69) is 10.0 Å². The second-order valence-corrected chi connectivity index (χ2v) is 8.79. The molecule has 128 valence electrons. The van der Waals surface area contributed by atoms with Crippen molar-refractivity contribution in [2.24, 2.45) is 0 Å². The lowest BCUT2D eigenvalue weighted by atomic mass is 10.4. The zero-order chi connectivity index (χ0) is 17.1. The van der Waals surface area contributed by atoms with E-state index in [1.54, 1.807) is 0 Å². The van der Waals surface area contributed by atoms with Crippen LogP contribution in [0.4, 0.5) is 0 Å². The molecular formula is C13H19N3O5S2. The second kappa shape index (κ2) is 6.95. The lowest BCUT2D eigenvalue weighted by Gasteiger charge is -2.15. The minimum atomic E-state index is -3.87. The lowest BCUT2D eigenvalue weighted by Crippen LogP contribution is -2.35. The Morgan fingerprint density at radius 2 is 1.57 bits per heavy atom. The van der Waals surface area contributed by atoms with Gasteiger partial charge in [-0.2, -0.15) is 4.31 Å². The summed E-state index contributed by atoms with van der Waals surface area (Å²) in [5.41, 5.74) is 0. The van der Waals surface area contributed by atoms with Gasteiger partial charge in [0.15, 0.2) is 0 Å². The van der Waals surface area contributed by atoms with Crippen LogP contribution in [0.25, 0.3) is 0 Å². The maximum Gasteiger partial charge on any atom is 0.243 e. The summed E-state index contributed by atoms with van der Waals surface area (Å²) >= 11 is 0. The molecule has 10 heteroatoms. The Bertz CT molecular complexity index is 766. The normalized spacial score (nSPS) is 16.4. The first kappa shape index (κ1) is 17.9. The van der Waals surface area contributed by atoms with Crippen molar-refractivity contribution in [2.45, 2.75) is 22.6 Å². The highest BCUT2D eigenvalue weighted by atomic mass is 32.2. The van der Waals surface area contributed by atoms with Crippen LogP contribution in [0.2, 0.25) is 0 Å². The number of sulfonamides is 2.